The fourth-order valence-corrected chi connectivity index (χ4v) is 3.79. The Bertz CT molecular complexity index is 542. The van der Waals surface area contributed by atoms with Crippen LogP contribution >= 0.6 is 0 Å². The van der Waals surface area contributed by atoms with E-state index in [9.17, 15) is 8.42 Å². The van der Waals surface area contributed by atoms with Crippen molar-refractivity contribution in [2.24, 2.45) is 0 Å². The summed E-state index contributed by atoms with van der Waals surface area (Å²) in [5, 5.41) is 3.36. The summed E-state index contributed by atoms with van der Waals surface area (Å²) in [7, 11) is -1.21. The highest BCUT2D eigenvalue weighted by Gasteiger charge is 2.23. The number of sulfone groups is 1. The normalized spacial score (nSPS) is 18.5. The smallest absolute Gasteiger partial charge is 0.162 e. The number of methoxy groups -OCH3 is 1. The van der Waals surface area contributed by atoms with Gasteiger partial charge in [0.05, 0.1) is 25.2 Å². The fraction of sp³-hybridized carbons (Fsp3) is 0.571. The van der Waals surface area contributed by atoms with Crippen LogP contribution in [0.3, 0.4) is 0 Å². The van der Waals surface area contributed by atoms with Gasteiger partial charge in [-0.05, 0) is 31.9 Å². The van der Waals surface area contributed by atoms with E-state index in [1.165, 1.54) is 0 Å². The second-order valence-corrected chi connectivity index (χ2v) is 7.17. The van der Waals surface area contributed by atoms with Crippen molar-refractivity contribution in [2.75, 3.05) is 30.5 Å². The maximum atomic E-state index is 11.4. The minimum absolute atomic E-state index is 0.196. The molecule has 0 aromatic heterocycles. The monoisotopic (exact) mass is 299 g/mol. The number of hydrogen-bond acceptors (Lipinski definition) is 5. The van der Waals surface area contributed by atoms with Gasteiger partial charge in [0.15, 0.2) is 11.5 Å². The Balaban J connectivity index is 2.03. The lowest BCUT2D eigenvalue weighted by Crippen LogP contribution is -2.32. The first-order valence-corrected chi connectivity index (χ1v) is 8.64. The maximum Gasteiger partial charge on any atom is 0.162 e. The zero-order valence-electron chi connectivity index (χ0n) is 11.9. The van der Waals surface area contributed by atoms with Crippen molar-refractivity contribution in [3.05, 3.63) is 18.2 Å². The minimum Gasteiger partial charge on any atom is -0.493 e. The average Bonchev–Trinajstić information content (AvgIpc) is 2.43. The van der Waals surface area contributed by atoms with Crippen molar-refractivity contribution in [3.63, 3.8) is 0 Å². The molecule has 112 valence electrons. The second-order valence-electron chi connectivity index (χ2n) is 4.87. The van der Waals surface area contributed by atoms with E-state index in [0.29, 0.717) is 30.9 Å². The molecule has 2 rings (SSSR count). The molecule has 1 aliphatic rings. The summed E-state index contributed by atoms with van der Waals surface area (Å²) in [6, 6.07) is 5.87. The van der Waals surface area contributed by atoms with Gasteiger partial charge in [-0.3, -0.25) is 0 Å². The molecular formula is C14H21NO4S. The Morgan fingerprint density at radius 3 is 2.55 bits per heavy atom. The van der Waals surface area contributed by atoms with Crippen molar-refractivity contribution >= 4 is 15.5 Å². The van der Waals surface area contributed by atoms with Crippen LogP contribution in [-0.2, 0) is 9.84 Å². The number of hydrogen-bond donors (Lipinski definition) is 1. The highest BCUT2D eigenvalue weighted by molar-refractivity contribution is 7.91. The van der Waals surface area contributed by atoms with Crippen LogP contribution in [0.25, 0.3) is 0 Å². The molecule has 0 unspecified atom stereocenters. The number of ether oxygens (including phenoxy) is 2. The van der Waals surface area contributed by atoms with Crippen LogP contribution in [0, 0.1) is 0 Å². The first-order valence-electron chi connectivity index (χ1n) is 6.82. The maximum absolute atomic E-state index is 11.4. The molecule has 1 fully saturated rings. The lowest BCUT2D eigenvalue weighted by Gasteiger charge is -2.24. The van der Waals surface area contributed by atoms with Gasteiger partial charge >= 0.3 is 0 Å². The van der Waals surface area contributed by atoms with E-state index in [2.05, 4.69) is 5.32 Å². The Labute approximate surface area is 120 Å². The SMILES string of the molecule is CCOc1ccc(NC2CCS(=O)(=O)CC2)cc1OC. The highest BCUT2D eigenvalue weighted by atomic mass is 32.2. The Kier molecular flexibility index (Phi) is 4.75. The number of anilines is 1. The molecule has 0 bridgehead atoms. The van der Waals surface area contributed by atoms with E-state index in [0.717, 1.165) is 5.69 Å². The van der Waals surface area contributed by atoms with Gasteiger partial charge < -0.3 is 14.8 Å². The van der Waals surface area contributed by atoms with Crippen molar-refractivity contribution in [3.8, 4) is 11.5 Å². The molecule has 1 aromatic rings. The highest BCUT2D eigenvalue weighted by Crippen LogP contribution is 2.31. The minimum atomic E-state index is -2.82. The van der Waals surface area contributed by atoms with E-state index in [4.69, 9.17) is 9.47 Å². The molecule has 20 heavy (non-hydrogen) atoms. The molecule has 1 aliphatic heterocycles. The quantitative estimate of drug-likeness (QED) is 0.902. The largest absolute Gasteiger partial charge is 0.493 e. The molecule has 6 heteroatoms. The molecule has 0 radical (unpaired) electrons. The van der Waals surface area contributed by atoms with Gasteiger partial charge in [0.25, 0.3) is 0 Å². The summed E-state index contributed by atoms with van der Waals surface area (Å²) in [5.74, 6) is 1.92. The first-order chi connectivity index (χ1) is 9.54. The van der Waals surface area contributed by atoms with Crippen LogP contribution in [0.1, 0.15) is 19.8 Å². The molecule has 0 spiro atoms. The van der Waals surface area contributed by atoms with Crippen LogP contribution < -0.4 is 14.8 Å². The van der Waals surface area contributed by atoms with Crippen LogP contribution in [0.4, 0.5) is 5.69 Å². The lowest BCUT2D eigenvalue weighted by molar-refractivity contribution is 0.311. The molecule has 0 atom stereocenters. The summed E-state index contributed by atoms with van der Waals surface area (Å²) in [6.45, 7) is 2.51. The number of nitrogens with one attached hydrogen (secondary N) is 1. The van der Waals surface area contributed by atoms with Crippen LogP contribution in [0.15, 0.2) is 18.2 Å². The third-order valence-corrected chi connectivity index (χ3v) is 5.10. The lowest BCUT2D eigenvalue weighted by atomic mass is 10.1. The third kappa shape index (κ3) is 3.79. The second kappa shape index (κ2) is 6.35. The zero-order valence-corrected chi connectivity index (χ0v) is 12.7. The van der Waals surface area contributed by atoms with Gasteiger partial charge in [-0.2, -0.15) is 0 Å². The summed E-state index contributed by atoms with van der Waals surface area (Å²) in [4.78, 5) is 0. The molecule has 1 heterocycles. The Hall–Kier alpha value is -1.43. The summed E-state index contributed by atoms with van der Waals surface area (Å²) in [5.41, 5.74) is 0.926. The van der Waals surface area contributed by atoms with E-state index in [1.54, 1.807) is 7.11 Å². The van der Waals surface area contributed by atoms with E-state index in [1.807, 2.05) is 25.1 Å². The molecule has 1 N–H and O–H groups in total. The van der Waals surface area contributed by atoms with Gasteiger partial charge in [-0.25, -0.2) is 8.42 Å². The third-order valence-electron chi connectivity index (χ3n) is 3.39. The molecular weight excluding hydrogens is 278 g/mol. The van der Waals surface area contributed by atoms with Gasteiger partial charge in [-0.1, -0.05) is 0 Å². The first kappa shape index (κ1) is 15.0. The molecule has 1 saturated heterocycles. The number of benzene rings is 1. The Morgan fingerprint density at radius 1 is 1.25 bits per heavy atom. The van der Waals surface area contributed by atoms with Gasteiger partial charge in [0.1, 0.15) is 9.84 Å². The van der Waals surface area contributed by atoms with Crippen LogP contribution in [-0.4, -0.2) is 39.7 Å². The van der Waals surface area contributed by atoms with Crippen molar-refractivity contribution in [1.29, 1.82) is 0 Å². The van der Waals surface area contributed by atoms with E-state index in [-0.39, 0.29) is 17.5 Å². The van der Waals surface area contributed by atoms with Crippen molar-refractivity contribution in [1.82, 2.24) is 0 Å². The van der Waals surface area contributed by atoms with Gasteiger partial charge in [0, 0.05) is 17.8 Å². The topological polar surface area (TPSA) is 64.6 Å². The average molecular weight is 299 g/mol. The standard InChI is InChI=1S/C14H21NO4S/c1-3-19-13-5-4-12(10-14(13)18-2)15-11-6-8-20(16,17)9-7-11/h4-5,10-11,15H,3,6-9H2,1-2H3. The molecule has 0 saturated carbocycles. The predicted octanol–water partition coefficient (Wildman–Crippen LogP) is 2.08. The molecule has 5 nitrogen and oxygen atoms in total. The van der Waals surface area contributed by atoms with Crippen molar-refractivity contribution < 1.29 is 17.9 Å². The predicted molar refractivity (Wildman–Crippen MR) is 79.5 cm³/mol. The summed E-state index contributed by atoms with van der Waals surface area (Å²) >= 11 is 0. The van der Waals surface area contributed by atoms with Crippen molar-refractivity contribution in [2.45, 2.75) is 25.8 Å². The zero-order chi connectivity index (χ0) is 14.6. The molecule has 0 aliphatic carbocycles. The van der Waals surface area contributed by atoms with Gasteiger partial charge in [-0.15, -0.1) is 0 Å². The summed E-state index contributed by atoms with van der Waals surface area (Å²) in [6.07, 6.45) is 1.30. The van der Waals surface area contributed by atoms with Gasteiger partial charge in [0.2, 0.25) is 0 Å². The summed E-state index contributed by atoms with van der Waals surface area (Å²) < 4.78 is 33.6. The van der Waals surface area contributed by atoms with E-state index < -0.39 is 9.84 Å². The number of rotatable bonds is 5. The van der Waals surface area contributed by atoms with Crippen LogP contribution in [0.2, 0.25) is 0 Å². The molecule has 1 aromatic carbocycles. The fourth-order valence-electron chi connectivity index (χ4n) is 2.30. The van der Waals surface area contributed by atoms with Crippen LogP contribution in [0.5, 0.6) is 11.5 Å². The van der Waals surface area contributed by atoms with E-state index >= 15 is 0 Å². The Morgan fingerprint density at radius 2 is 1.95 bits per heavy atom. The molecule has 0 amide bonds.